The summed E-state index contributed by atoms with van der Waals surface area (Å²) in [6, 6.07) is 15.8. The summed E-state index contributed by atoms with van der Waals surface area (Å²) in [6.07, 6.45) is 2.97. The van der Waals surface area contributed by atoms with Gasteiger partial charge in [0.2, 0.25) is 0 Å². The first kappa shape index (κ1) is 16.3. The van der Waals surface area contributed by atoms with E-state index in [0.29, 0.717) is 17.1 Å². The van der Waals surface area contributed by atoms with Crippen LogP contribution in [0.25, 0.3) is 10.9 Å². The van der Waals surface area contributed by atoms with Crippen molar-refractivity contribution in [2.45, 2.75) is 13.0 Å². The normalized spacial score (nSPS) is 10.9. The molecule has 0 bridgehead atoms. The van der Waals surface area contributed by atoms with Crippen molar-refractivity contribution in [1.82, 2.24) is 9.88 Å². The minimum Gasteiger partial charge on any atom is -0.352 e. The Morgan fingerprint density at radius 3 is 2.87 bits per heavy atom. The third-order valence-corrected chi connectivity index (χ3v) is 4.89. The van der Waals surface area contributed by atoms with Gasteiger partial charge < -0.3 is 9.88 Å². The molecule has 1 aromatic heterocycles. The summed E-state index contributed by atoms with van der Waals surface area (Å²) in [7, 11) is 0. The van der Waals surface area contributed by atoms with Crippen LogP contribution in [-0.4, -0.2) is 17.0 Å². The summed E-state index contributed by atoms with van der Waals surface area (Å²) < 4.78 is 3.12. The topological polar surface area (TPSA) is 34.0 Å². The number of nitrogens with zero attached hydrogens (tertiary/aromatic N) is 1. The highest BCUT2D eigenvalue weighted by molar-refractivity contribution is 14.1. The summed E-state index contributed by atoms with van der Waals surface area (Å²) in [4.78, 5) is 12.2. The molecule has 2 aromatic carbocycles. The second-order valence-electron chi connectivity index (χ2n) is 5.30. The predicted octanol–water partition coefficient (Wildman–Crippen LogP) is 4.72. The third kappa shape index (κ3) is 3.87. The van der Waals surface area contributed by atoms with Crippen LogP contribution in [0.1, 0.15) is 16.8 Å². The van der Waals surface area contributed by atoms with Crippen molar-refractivity contribution in [2.75, 3.05) is 6.54 Å². The molecule has 0 saturated carbocycles. The maximum absolute atomic E-state index is 12.2. The molecule has 0 aliphatic rings. The van der Waals surface area contributed by atoms with Crippen LogP contribution in [-0.2, 0) is 6.54 Å². The molecular weight excluding hydrogens is 423 g/mol. The molecule has 1 amide bonds. The van der Waals surface area contributed by atoms with Crippen molar-refractivity contribution in [3.8, 4) is 0 Å². The molecule has 118 valence electrons. The van der Waals surface area contributed by atoms with Gasteiger partial charge >= 0.3 is 0 Å². The molecule has 0 spiro atoms. The van der Waals surface area contributed by atoms with Crippen LogP contribution < -0.4 is 5.32 Å². The number of amides is 1. The lowest BCUT2D eigenvalue weighted by atomic mass is 10.2. The number of para-hydroxylation sites is 1. The van der Waals surface area contributed by atoms with Crippen molar-refractivity contribution < 1.29 is 4.79 Å². The van der Waals surface area contributed by atoms with Gasteiger partial charge in [0.25, 0.3) is 5.91 Å². The molecule has 3 aromatic rings. The first-order valence-corrected chi connectivity index (χ1v) is 8.88. The molecule has 0 radical (unpaired) electrons. The summed E-state index contributed by atoms with van der Waals surface area (Å²) in [5.41, 5.74) is 1.85. The van der Waals surface area contributed by atoms with Crippen LogP contribution in [0.2, 0.25) is 5.02 Å². The number of hydrogen-bond donors (Lipinski definition) is 1. The fourth-order valence-electron chi connectivity index (χ4n) is 2.55. The van der Waals surface area contributed by atoms with Crippen LogP contribution in [0, 0.1) is 3.57 Å². The minimum absolute atomic E-state index is 0.0748. The Labute approximate surface area is 153 Å². The van der Waals surface area contributed by atoms with Crippen molar-refractivity contribution in [3.05, 3.63) is 68.9 Å². The van der Waals surface area contributed by atoms with E-state index in [4.69, 9.17) is 11.6 Å². The van der Waals surface area contributed by atoms with E-state index in [1.54, 1.807) is 12.1 Å². The highest BCUT2D eigenvalue weighted by Gasteiger charge is 2.10. The average Bonchev–Trinajstić information content (AvgIpc) is 2.97. The van der Waals surface area contributed by atoms with Crippen molar-refractivity contribution in [1.29, 1.82) is 0 Å². The highest BCUT2D eigenvalue weighted by Crippen LogP contribution is 2.18. The number of benzene rings is 2. The van der Waals surface area contributed by atoms with Gasteiger partial charge in [-0.25, -0.2) is 0 Å². The van der Waals surface area contributed by atoms with Crippen LogP contribution >= 0.6 is 34.2 Å². The molecule has 5 heteroatoms. The lowest BCUT2D eigenvalue weighted by molar-refractivity contribution is 0.0952. The standard InChI is InChI=1S/C18H16ClIN2O/c19-14-6-7-16(20)15(12-14)18(23)21-9-3-10-22-11-8-13-4-1-2-5-17(13)22/h1-2,4-8,11-12H,3,9-10H2,(H,21,23). The fraction of sp³-hybridized carbons (Fsp3) is 0.167. The number of carbonyl (C=O) groups is 1. The van der Waals surface area contributed by atoms with Gasteiger partial charge in [0.05, 0.1) is 5.56 Å². The van der Waals surface area contributed by atoms with Gasteiger partial charge in [0.1, 0.15) is 0 Å². The van der Waals surface area contributed by atoms with Crippen molar-refractivity contribution in [2.24, 2.45) is 0 Å². The maximum Gasteiger partial charge on any atom is 0.252 e. The Morgan fingerprint density at radius 2 is 2.00 bits per heavy atom. The van der Waals surface area contributed by atoms with Crippen LogP contribution in [0.15, 0.2) is 54.7 Å². The number of aryl methyl sites for hydroxylation is 1. The smallest absolute Gasteiger partial charge is 0.252 e. The SMILES string of the molecule is O=C(NCCCn1ccc2ccccc21)c1cc(Cl)ccc1I. The highest BCUT2D eigenvalue weighted by atomic mass is 127. The molecule has 1 heterocycles. The Balaban J connectivity index is 1.55. The summed E-state index contributed by atoms with van der Waals surface area (Å²) in [6.45, 7) is 1.51. The van der Waals surface area contributed by atoms with E-state index in [-0.39, 0.29) is 5.91 Å². The van der Waals surface area contributed by atoms with Gasteiger partial charge in [0.15, 0.2) is 0 Å². The number of fused-ring (bicyclic) bond motifs is 1. The molecule has 1 N–H and O–H groups in total. The number of hydrogen-bond acceptors (Lipinski definition) is 1. The Morgan fingerprint density at radius 1 is 1.17 bits per heavy atom. The molecule has 3 rings (SSSR count). The van der Waals surface area contributed by atoms with Gasteiger partial charge in [0, 0.05) is 33.4 Å². The lowest BCUT2D eigenvalue weighted by Gasteiger charge is -2.09. The zero-order chi connectivity index (χ0) is 16.2. The number of aromatic nitrogens is 1. The van der Waals surface area contributed by atoms with E-state index in [9.17, 15) is 4.79 Å². The lowest BCUT2D eigenvalue weighted by Crippen LogP contribution is -2.26. The molecule has 0 aliphatic heterocycles. The summed E-state index contributed by atoms with van der Waals surface area (Å²) >= 11 is 8.11. The second kappa shape index (κ2) is 7.36. The van der Waals surface area contributed by atoms with Gasteiger partial charge in [-0.15, -0.1) is 0 Å². The second-order valence-corrected chi connectivity index (χ2v) is 6.90. The van der Waals surface area contributed by atoms with Crippen LogP contribution in [0.3, 0.4) is 0 Å². The van der Waals surface area contributed by atoms with E-state index >= 15 is 0 Å². The van der Waals surface area contributed by atoms with Gasteiger partial charge in [-0.05, 0) is 64.7 Å². The third-order valence-electron chi connectivity index (χ3n) is 3.71. The monoisotopic (exact) mass is 438 g/mol. The molecule has 0 aliphatic carbocycles. The Bertz CT molecular complexity index is 844. The Hall–Kier alpha value is -1.53. The average molecular weight is 439 g/mol. The van der Waals surface area contributed by atoms with Crippen LogP contribution in [0.4, 0.5) is 0 Å². The molecule has 0 saturated heterocycles. The van der Waals surface area contributed by atoms with Crippen LogP contribution in [0.5, 0.6) is 0 Å². The number of halogens is 2. The predicted molar refractivity (Wildman–Crippen MR) is 103 cm³/mol. The maximum atomic E-state index is 12.2. The summed E-state index contributed by atoms with van der Waals surface area (Å²) in [5.74, 6) is -0.0748. The first-order chi connectivity index (χ1) is 11.1. The number of carbonyl (C=O) groups excluding carboxylic acids is 1. The van der Waals surface area contributed by atoms with Crippen molar-refractivity contribution >= 4 is 51.0 Å². The number of nitrogens with one attached hydrogen (secondary N) is 1. The largest absolute Gasteiger partial charge is 0.352 e. The van der Waals surface area contributed by atoms with Gasteiger partial charge in [-0.1, -0.05) is 29.8 Å². The van der Waals surface area contributed by atoms with E-state index in [0.717, 1.165) is 16.5 Å². The zero-order valence-electron chi connectivity index (χ0n) is 12.4. The fourth-order valence-corrected chi connectivity index (χ4v) is 3.31. The molecule has 0 fully saturated rings. The van der Waals surface area contributed by atoms with E-state index in [2.05, 4.69) is 56.9 Å². The first-order valence-electron chi connectivity index (χ1n) is 7.42. The molecule has 3 nitrogen and oxygen atoms in total. The molecule has 23 heavy (non-hydrogen) atoms. The molecular formula is C18H16ClIN2O. The van der Waals surface area contributed by atoms with E-state index in [1.807, 2.05) is 18.2 Å². The van der Waals surface area contributed by atoms with Crippen molar-refractivity contribution in [3.63, 3.8) is 0 Å². The molecule has 0 atom stereocenters. The minimum atomic E-state index is -0.0748. The Kier molecular flexibility index (Phi) is 5.23. The number of rotatable bonds is 5. The quantitative estimate of drug-likeness (QED) is 0.454. The van der Waals surface area contributed by atoms with E-state index in [1.165, 1.54) is 10.9 Å². The summed E-state index contributed by atoms with van der Waals surface area (Å²) in [5, 5.41) is 4.78. The van der Waals surface area contributed by atoms with E-state index < -0.39 is 0 Å². The zero-order valence-corrected chi connectivity index (χ0v) is 15.3. The molecule has 0 unspecified atom stereocenters. The van der Waals surface area contributed by atoms with Gasteiger partial charge in [-0.2, -0.15) is 0 Å². The van der Waals surface area contributed by atoms with Gasteiger partial charge in [-0.3, -0.25) is 4.79 Å².